The highest BCUT2D eigenvalue weighted by Crippen LogP contribution is 2.28. The summed E-state index contributed by atoms with van der Waals surface area (Å²) in [5, 5.41) is 0. The van der Waals surface area contributed by atoms with E-state index in [-0.39, 0.29) is 6.10 Å². The first-order valence-corrected chi connectivity index (χ1v) is 5.17. The molecule has 16 heavy (non-hydrogen) atoms. The summed E-state index contributed by atoms with van der Waals surface area (Å²) < 4.78 is 26.5. The van der Waals surface area contributed by atoms with Crippen LogP contribution in [0.15, 0.2) is 16.5 Å². The van der Waals surface area contributed by atoms with Crippen LogP contribution >= 0.6 is 0 Å². The van der Waals surface area contributed by atoms with Gasteiger partial charge in [-0.15, -0.1) is 0 Å². The molecule has 0 saturated carbocycles. The first-order chi connectivity index (χ1) is 7.83. The van der Waals surface area contributed by atoms with Crippen molar-refractivity contribution in [2.75, 3.05) is 27.4 Å². The maximum Gasteiger partial charge on any atom is 0.217 e. The van der Waals surface area contributed by atoms with Crippen molar-refractivity contribution in [3.05, 3.63) is 23.7 Å². The first-order valence-electron chi connectivity index (χ1n) is 5.17. The van der Waals surface area contributed by atoms with Crippen molar-refractivity contribution in [2.45, 2.75) is 19.0 Å². The average molecular weight is 228 g/mol. The van der Waals surface area contributed by atoms with E-state index < -0.39 is 6.29 Å². The number of methoxy groups -OCH3 is 2. The molecule has 2 rings (SSSR count). The molecule has 2 atom stereocenters. The molecule has 1 aliphatic heterocycles. The zero-order valence-electron chi connectivity index (χ0n) is 9.47. The van der Waals surface area contributed by atoms with Crippen LogP contribution in [0.2, 0.25) is 0 Å². The molecule has 0 N–H and O–H groups in total. The lowest BCUT2D eigenvalue weighted by molar-refractivity contribution is -0.0836. The molecule has 90 valence electrons. The van der Waals surface area contributed by atoms with Crippen LogP contribution in [-0.2, 0) is 25.6 Å². The van der Waals surface area contributed by atoms with Crippen LogP contribution in [0.25, 0.3) is 0 Å². The van der Waals surface area contributed by atoms with E-state index in [9.17, 15) is 0 Å². The van der Waals surface area contributed by atoms with Crippen LogP contribution in [-0.4, -0.2) is 33.5 Å². The summed E-state index contributed by atoms with van der Waals surface area (Å²) in [7, 11) is 3.26. The maximum atomic E-state index is 5.60. The van der Waals surface area contributed by atoms with Gasteiger partial charge in [0.15, 0.2) is 5.76 Å². The van der Waals surface area contributed by atoms with Gasteiger partial charge < -0.3 is 23.4 Å². The Bertz CT molecular complexity index is 322. The van der Waals surface area contributed by atoms with Gasteiger partial charge in [-0.3, -0.25) is 0 Å². The third kappa shape index (κ3) is 2.62. The van der Waals surface area contributed by atoms with Gasteiger partial charge >= 0.3 is 0 Å². The second kappa shape index (κ2) is 5.45. The van der Waals surface area contributed by atoms with Crippen LogP contribution in [0, 0.1) is 0 Å². The molecule has 1 aromatic heterocycles. The molecule has 0 unspecified atom stereocenters. The third-order valence-corrected chi connectivity index (χ3v) is 2.30. The van der Waals surface area contributed by atoms with Crippen molar-refractivity contribution in [1.29, 1.82) is 0 Å². The van der Waals surface area contributed by atoms with E-state index in [0.717, 1.165) is 5.76 Å². The van der Waals surface area contributed by atoms with Gasteiger partial charge in [0, 0.05) is 14.2 Å². The smallest absolute Gasteiger partial charge is 0.217 e. The molecule has 0 aromatic carbocycles. The van der Waals surface area contributed by atoms with Gasteiger partial charge in [-0.25, -0.2) is 0 Å². The largest absolute Gasteiger partial charge is 0.458 e. The molecule has 1 saturated heterocycles. The highest BCUT2D eigenvalue weighted by molar-refractivity contribution is 5.08. The molecule has 0 amide bonds. The number of furan rings is 1. The molecule has 1 aromatic rings. The Kier molecular flexibility index (Phi) is 3.95. The Morgan fingerprint density at radius 3 is 2.94 bits per heavy atom. The molecule has 0 bridgehead atoms. The standard InChI is InChI=1S/C11H16O5/c1-12-5-8-3-4-10(15-8)11-14-7-9(16-11)6-13-2/h3-4,9,11H,5-7H2,1-2H3/t9-,11-/m0/s1. The number of rotatable bonds is 5. The molecule has 1 fully saturated rings. The van der Waals surface area contributed by atoms with Gasteiger partial charge in [0.2, 0.25) is 6.29 Å². The van der Waals surface area contributed by atoms with Gasteiger partial charge in [-0.05, 0) is 12.1 Å². The molecule has 2 heterocycles. The van der Waals surface area contributed by atoms with Crippen molar-refractivity contribution in [2.24, 2.45) is 0 Å². The lowest BCUT2D eigenvalue weighted by atomic mass is 10.4. The summed E-state index contributed by atoms with van der Waals surface area (Å²) >= 11 is 0. The van der Waals surface area contributed by atoms with Crippen LogP contribution in [0.1, 0.15) is 17.8 Å². The van der Waals surface area contributed by atoms with E-state index >= 15 is 0 Å². The minimum Gasteiger partial charge on any atom is -0.458 e. The van der Waals surface area contributed by atoms with Gasteiger partial charge in [0.1, 0.15) is 18.5 Å². The highest BCUT2D eigenvalue weighted by atomic mass is 16.7. The lowest BCUT2D eigenvalue weighted by Crippen LogP contribution is -2.16. The molecule has 0 spiro atoms. The summed E-state index contributed by atoms with van der Waals surface area (Å²) in [5.74, 6) is 1.44. The lowest BCUT2D eigenvalue weighted by Gasteiger charge is -2.08. The maximum absolute atomic E-state index is 5.60. The molecule has 0 aliphatic carbocycles. The number of hydrogen-bond acceptors (Lipinski definition) is 5. The quantitative estimate of drug-likeness (QED) is 0.764. The molecule has 5 nitrogen and oxygen atoms in total. The second-order valence-electron chi connectivity index (χ2n) is 3.62. The predicted octanol–water partition coefficient (Wildman–Crippen LogP) is 1.49. The van der Waals surface area contributed by atoms with Gasteiger partial charge in [0.25, 0.3) is 0 Å². The fourth-order valence-electron chi connectivity index (χ4n) is 1.61. The zero-order valence-corrected chi connectivity index (χ0v) is 9.47. The molecule has 1 aliphatic rings. The summed E-state index contributed by atoms with van der Waals surface area (Å²) in [6, 6.07) is 3.70. The fraction of sp³-hybridized carbons (Fsp3) is 0.636. The van der Waals surface area contributed by atoms with E-state index in [2.05, 4.69) is 0 Å². The molecule has 5 heteroatoms. The highest BCUT2D eigenvalue weighted by Gasteiger charge is 2.29. The Morgan fingerprint density at radius 1 is 1.31 bits per heavy atom. The van der Waals surface area contributed by atoms with Crippen LogP contribution in [0.3, 0.4) is 0 Å². The van der Waals surface area contributed by atoms with Crippen molar-refractivity contribution in [1.82, 2.24) is 0 Å². The van der Waals surface area contributed by atoms with Crippen molar-refractivity contribution in [3.8, 4) is 0 Å². The SMILES string of the molecule is COCc1ccc([C@H]2OC[C@H](COC)O2)o1. The fourth-order valence-corrected chi connectivity index (χ4v) is 1.61. The second-order valence-corrected chi connectivity index (χ2v) is 3.62. The van der Waals surface area contributed by atoms with E-state index in [1.165, 1.54) is 0 Å². The molecule has 0 radical (unpaired) electrons. The minimum atomic E-state index is -0.425. The summed E-state index contributed by atoms with van der Waals surface area (Å²) in [6.07, 6.45) is -0.447. The van der Waals surface area contributed by atoms with Gasteiger partial charge in [0.05, 0.1) is 13.2 Å². The van der Waals surface area contributed by atoms with Crippen molar-refractivity contribution < 1.29 is 23.4 Å². The summed E-state index contributed by atoms with van der Waals surface area (Å²) in [4.78, 5) is 0. The minimum absolute atomic E-state index is 0.0222. The third-order valence-electron chi connectivity index (χ3n) is 2.30. The normalized spacial score (nSPS) is 25.1. The van der Waals surface area contributed by atoms with E-state index in [4.69, 9.17) is 23.4 Å². The Balaban J connectivity index is 1.92. The van der Waals surface area contributed by atoms with Crippen LogP contribution in [0.4, 0.5) is 0 Å². The molecular weight excluding hydrogens is 212 g/mol. The molecular formula is C11H16O5. The number of ether oxygens (including phenoxy) is 4. The zero-order chi connectivity index (χ0) is 11.4. The predicted molar refractivity (Wildman–Crippen MR) is 54.9 cm³/mol. The van der Waals surface area contributed by atoms with E-state index in [0.29, 0.717) is 25.6 Å². The Hall–Kier alpha value is -0.880. The Labute approximate surface area is 94.2 Å². The topological polar surface area (TPSA) is 50.1 Å². The van der Waals surface area contributed by atoms with E-state index in [1.54, 1.807) is 14.2 Å². The van der Waals surface area contributed by atoms with Crippen LogP contribution < -0.4 is 0 Å². The summed E-state index contributed by atoms with van der Waals surface area (Å²) in [5.41, 5.74) is 0. The first kappa shape index (κ1) is 11.6. The van der Waals surface area contributed by atoms with Crippen LogP contribution in [0.5, 0.6) is 0 Å². The van der Waals surface area contributed by atoms with Gasteiger partial charge in [-0.1, -0.05) is 0 Å². The van der Waals surface area contributed by atoms with E-state index in [1.807, 2.05) is 12.1 Å². The van der Waals surface area contributed by atoms with Crippen molar-refractivity contribution >= 4 is 0 Å². The average Bonchev–Trinajstić information content (AvgIpc) is 2.87. The number of hydrogen-bond donors (Lipinski definition) is 0. The van der Waals surface area contributed by atoms with Gasteiger partial charge in [-0.2, -0.15) is 0 Å². The van der Waals surface area contributed by atoms with Crippen molar-refractivity contribution in [3.63, 3.8) is 0 Å². The summed E-state index contributed by atoms with van der Waals surface area (Å²) in [6.45, 7) is 1.51. The Morgan fingerprint density at radius 2 is 2.19 bits per heavy atom. The monoisotopic (exact) mass is 228 g/mol.